The van der Waals surface area contributed by atoms with Gasteiger partial charge in [-0.2, -0.15) is 0 Å². The molecule has 2 N–H and O–H groups in total. The van der Waals surface area contributed by atoms with E-state index in [1.165, 1.54) is 19.1 Å². The maximum absolute atomic E-state index is 11.7. The van der Waals surface area contributed by atoms with E-state index in [4.69, 9.17) is 9.84 Å². The summed E-state index contributed by atoms with van der Waals surface area (Å²) in [5.74, 6) is -0.985. The second-order valence-electron chi connectivity index (χ2n) is 4.54. The minimum absolute atomic E-state index is 0.0596. The van der Waals surface area contributed by atoms with Crippen molar-refractivity contribution < 1.29 is 19.4 Å². The second-order valence-corrected chi connectivity index (χ2v) is 4.54. The van der Waals surface area contributed by atoms with Crippen molar-refractivity contribution in [2.45, 2.75) is 44.6 Å². The molecule has 102 valence electrons. The van der Waals surface area contributed by atoms with E-state index in [0.29, 0.717) is 6.42 Å². The van der Waals surface area contributed by atoms with E-state index >= 15 is 0 Å². The molecule has 1 amide bonds. The van der Waals surface area contributed by atoms with Crippen LogP contribution in [-0.4, -0.2) is 36.7 Å². The van der Waals surface area contributed by atoms with Gasteiger partial charge in [0.2, 0.25) is 5.91 Å². The number of allylic oxidation sites excluding steroid dienone is 1. The largest absolute Gasteiger partial charge is 0.481 e. The minimum Gasteiger partial charge on any atom is -0.481 e. The van der Waals surface area contributed by atoms with Gasteiger partial charge in [-0.25, -0.2) is 0 Å². The molecule has 18 heavy (non-hydrogen) atoms. The quantitative estimate of drug-likeness (QED) is 0.676. The number of carboxylic acids is 1. The molecule has 0 saturated heterocycles. The van der Waals surface area contributed by atoms with Crippen molar-refractivity contribution in [3.8, 4) is 0 Å². The van der Waals surface area contributed by atoms with Crippen LogP contribution in [0.25, 0.3) is 0 Å². The Morgan fingerprint density at radius 2 is 2.28 bits per heavy atom. The average molecular weight is 255 g/mol. The standard InChI is InChI=1S/C13H21NO4/c1-18-11(8-13(16)17)9-14-12(15)7-10-5-3-2-4-6-10/h5,11H,2-4,6-9H2,1H3,(H,14,15)(H,16,17). The highest BCUT2D eigenvalue weighted by Crippen LogP contribution is 2.19. The van der Waals surface area contributed by atoms with Gasteiger partial charge >= 0.3 is 5.97 Å². The van der Waals surface area contributed by atoms with Crippen molar-refractivity contribution in [2.24, 2.45) is 0 Å². The van der Waals surface area contributed by atoms with Crippen LogP contribution in [0.4, 0.5) is 0 Å². The number of methoxy groups -OCH3 is 1. The number of rotatable bonds is 7. The number of carbonyl (C=O) groups excluding carboxylic acids is 1. The lowest BCUT2D eigenvalue weighted by atomic mass is 9.97. The molecule has 0 aromatic heterocycles. The second kappa shape index (κ2) is 7.87. The Hall–Kier alpha value is -1.36. The monoisotopic (exact) mass is 255 g/mol. The Morgan fingerprint density at radius 3 is 2.83 bits per heavy atom. The SMILES string of the molecule is COC(CNC(=O)CC1=CCCCC1)CC(=O)O. The van der Waals surface area contributed by atoms with E-state index < -0.39 is 12.1 Å². The molecule has 1 rings (SSSR count). The van der Waals surface area contributed by atoms with Gasteiger partial charge in [-0.15, -0.1) is 0 Å². The molecule has 5 nitrogen and oxygen atoms in total. The number of aliphatic carboxylic acids is 1. The summed E-state index contributed by atoms with van der Waals surface area (Å²) in [6.45, 7) is 0.245. The van der Waals surface area contributed by atoms with Crippen molar-refractivity contribution in [1.82, 2.24) is 5.32 Å². The van der Waals surface area contributed by atoms with E-state index in [0.717, 1.165) is 19.3 Å². The van der Waals surface area contributed by atoms with Crippen molar-refractivity contribution >= 4 is 11.9 Å². The predicted octanol–water partition coefficient (Wildman–Crippen LogP) is 1.48. The molecule has 1 aliphatic rings. The Kier molecular flexibility index (Phi) is 6.43. The summed E-state index contributed by atoms with van der Waals surface area (Å²) in [5, 5.41) is 11.4. The normalized spacial score (nSPS) is 16.8. The Labute approximate surface area is 107 Å². The first-order valence-electron chi connectivity index (χ1n) is 6.31. The molecule has 0 aliphatic heterocycles. The molecule has 1 unspecified atom stereocenters. The Bertz CT molecular complexity index is 325. The van der Waals surface area contributed by atoms with E-state index in [2.05, 4.69) is 11.4 Å². The van der Waals surface area contributed by atoms with Gasteiger partial charge in [-0.3, -0.25) is 9.59 Å². The van der Waals surface area contributed by atoms with E-state index in [9.17, 15) is 9.59 Å². The lowest BCUT2D eigenvalue weighted by molar-refractivity contribution is -0.140. The molecule has 5 heteroatoms. The zero-order valence-corrected chi connectivity index (χ0v) is 10.8. The van der Waals surface area contributed by atoms with Crippen LogP contribution in [0.3, 0.4) is 0 Å². The Morgan fingerprint density at radius 1 is 1.50 bits per heavy atom. The topological polar surface area (TPSA) is 75.6 Å². The van der Waals surface area contributed by atoms with Crippen LogP contribution in [0.2, 0.25) is 0 Å². The molecular weight excluding hydrogens is 234 g/mol. The van der Waals surface area contributed by atoms with Crippen molar-refractivity contribution in [3.05, 3.63) is 11.6 Å². The maximum Gasteiger partial charge on any atom is 0.306 e. The van der Waals surface area contributed by atoms with Crippen LogP contribution in [0.1, 0.15) is 38.5 Å². The fourth-order valence-corrected chi connectivity index (χ4v) is 2.00. The highest BCUT2D eigenvalue weighted by Gasteiger charge is 2.14. The smallest absolute Gasteiger partial charge is 0.306 e. The first-order valence-corrected chi connectivity index (χ1v) is 6.31. The molecule has 0 fully saturated rings. The van der Waals surface area contributed by atoms with Crippen LogP contribution in [0.5, 0.6) is 0 Å². The zero-order chi connectivity index (χ0) is 13.4. The first kappa shape index (κ1) is 14.7. The summed E-state index contributed by atoms with van der Waals surface area (Å²) < 4.78 is 4.99. The van der Waals surface area contributed by atoms with Gasteiger partial charge in [0.15, 0.2) is 0 Å². The van der Waals surface area contributed by atoms with Crippen LogP contribution in [-0.2, 0) is 14.3 Å². The zero-order valence-electron chi connectivity index (χ0n) is 10.8. The molecule has 0 saturated carbocycles. The Balaban J connectivity index is 2.26. The minimum atomic E-state index is -0.925. The fraction of sp³-hybridized carbons (Fsp3) is 0.692. The van der Waals surface area contributed by atoms with E-state index in [-0.39, 0.29) is 18.9 Å². The van der Waals surface area contributed by atoms with Crippen LogP contribution in [0, 0.1) is 0 Å². The lowest BCUT2D eigenvalue weighted by Crippen LogP contribution is -2.34. The maximum atomic E-state index is 11.7. The predicted molar refractivity (Wildman–Crippen MR) is 67.2 cm³/mol. The van der Waals surface area contributed by atoms with Gasteiger partial charge < -0.3 is 15.2 Å². The highest BCUT2D eigenvalue weighted by molar-refractivity contribution is 5.78. The van der Waals surface area contributed by atoms with Crippen LogP contribution in [0.15, 0.2) is 11.6 Å². The number of hydrogen-bond acceptors (Lipinski definition) is 3. The van der Waals surface area contributed by atoms with Crippen molar-refractivity contribution in [3.63, 3.8) is 0 Å². The third-order valence-corrected chi connectivity index (χ3v) is 3.04. The molecular formula is C13H21NO4. The third kappa shape index (κ3) is 5.82. The van der Waals surface area contributed by atoms with Gasteiger partial charge in [0, 0.05) is 20.1 Å². The molecule has 1 aliphatic carbocycles. The molecule has 0 spiro atoms. The summed E-state index contributed by atoms with van der Waals surface area (Å²) >= 11 is 0. The number of carboxylic acid groups (broad SMARTS) is 1. The molecule has 1 atom stereocenters. The van der Waals surface area contributed by atoms with Gasteiger partial charge in [0.1, 0.15) is 0 Å². The molecule has 0 heterocycles. The van der Waals surface area contributed by atoms with Gasteiger partial charge in [0.05, 0.1) is 12.5 Å². The van der Waals surface area contributed by atoms with Gasteiger partial charge in [-0.1, -0.05) is 11.6 Å². The molecule has 0 bridgehead atoms. The molecule has 0 aromatic rings. The first-order chi connectivity index (χ1) is 8.61. The van der Waals surface area contributed by atoms with Crippen LogP contribution < -0.4 is 5.32 Å². The third-order valence-electron chi connectivity index (χ3n) is 3.04. The van der Waals surface area contributed by atoms with E-state index in [1.807, 2.05) is 0 Å². The van der Waals surface area contributed by atoms with Crippen molar-refractivity contribution in [1.29, 1.82) is 0 Å². The lowest BCUT2D eigenvalue weighted by Gasteiger charge is -2.15. The number of hydrogen-bond donors (Lipinski definition) is 2. The molecule has 0 aromatic carbocycles. The fourth-order valence-electron chi connectivity index (χ4n) is 2.00. The summed E-state index contributed by atoms with van der Waals surface area (Å²) in [6.07, 6.45) is 6.40. The number of carbonyl (C=O) groups is 2. The number of nitrogens with one attached hydrogen (secondary N) is 1. The van der Waals surface area contributed by atoms with Crippen LogP contribution >= 0.6 is 0 Å². The average Bonchev–Trinajstić information content (AvgIpc) is 2.35. The summed E-state index contributed by atoms with van der Waals surface area (Å²) in [5.41, 5.74) is 1.19. The number of ether oxygens (including phenoxy) is 1. The highest BCUT2D eigenvalue weighted by atomic mass is 16.5. The number of amides is 1. The summed E-state index contributed by atoms with van der Waals surface area (Å²) in [7, 11) is 1.45. The van der Waals surface area contributed by atoms with Gasteiger partial charge in [-0.05, 0) is 25.7 Å². The van der Waals surface area contributed by atoms with Crippen molar-refractivity contribution in [2.75, 3.05) is 13.7 Å². The molecule has 0 radical (unpaired) electrons. The van der Waals surface area contributed by atoms with Gasteiger partial charge in [0.25, 0.3) is 0 Å². The summed E-state index contributed by atoms with van der Waals surface area (Å²) in [6, 6.07) is 0. The summed E-state index contributed by atoms with van der Waals surface area (Å²) in [4.78, 5) is 22.2. The van der Waals surface area contributed by atoms with E-state index in [1.54, 1.807) is 0 Å².